The van der Waals surface area contributed by atoms with Crippen LogP contribution in [0.3, 0.4) is 0 Å². The van der Waals surface area contributed by atoms with Crippen molar-refractivity contribution < 1.29 is 14.3 Å². The molecule has 2 aliphatic carbocycles. The van der Waals surface area contributed by atoms with Crippen molar-refractivity contribution in [1.82, 2.24) is 5.32 Å². The molecule has 2 aromatic rings. The number of benzene rings is 2. The Morgan fingerprint density at radius 3 is 2.46 bits per heavy atom. The highest BCUT2D eigenvalue weighted by Crippen LogP contribution is 2.47. The first-order valence-corrected chi connectivity index (χ1v) is 13.1. The van der Waals surface area contributed by atoms with Gasteiger partial charge in [-0.15, -0.1) is 0 Å². The largest absolute Gasteiger partial charge is 0.459 e. The zero-order valence-electron chi connectivity index (χ0n) is 19.8. The Kier molecular flexibility index (Phi) is 7.04. The van der Waals surface area contributed by atoms with E-state index in [1.54, 1.807) is 12.1 Å². The third kappa shape index (κ3) is 4.92. The van der Waals surface area contributed by atoms with Crippen LogP contribution in [0.15, 0.2) is 71.1 Å². The normalized spacial score (nSPS) is 23.1. The lowest BCUT2D eigenvalue weighted by Crippen LogP contribution is -2.37. The fraction of sp³-hybridized carbons (Fsp3) is 0.379. The summed E-state index contributed by atoms with van der Waals surface area (Å²) in [6.45, 7) is 1.88. The number of allylic oxidation sites excluding steroid dienone is 3. The van der Waals surface area contributed by atoms with Crippen LogP contribution in [0.5, 0.6) is 0 Å². The molecule has 1 fully saturated rings. The van der Waals surface area contributed by atoms with Gasteiger partial charge in [-0.2, -0.15) is 0 Å². The standard InChI is InChI=1S/C29H29Cl2NO3/c1-17-26(29(34)35-21-10-6-3-7-11-21)27(22-13-12-20(30)16-23(22)31)28-24(32-17)14-19(15-25(28)33)18-8-4-2-5-9-18/h2,4-5,8-9,12-13,16,19,21,27,32H,3,6-7,10-11,14-15H2,1H3/t19-,27-/m0/s1. The number of rotatable bonds is 4. The molecule has 3 aliphatic rings. The Balaban J connectivity index is 1.55. The third-order valence-corrected chi connectivity index (χ3v) is 7.98. The van der Waals surface area contributed by atoms with Crippen LogP contribution in [0.1, 0.15) is 74.8 Å². The Morgan fingerprint density at radius 1 is 1.00 bits per heavy atom. The maximum Gasteiger partial charge on any atom is 0.337 e. The van der Waals surface area contributed by atoms with Crippen LogP contribution in [0.25, 0.3) is 0 Å². The number of hydrogen-bond donors (Lipinski definition) is 1. The van der Waals surface area contributed by atoms with Gasteiger partial charge in [0.2, 0.25) is 0 Å². The van der Waals surface area contributed by atoms with Gasteiger partial charge >= 0.3 is 5.97 Å². The molecule has 1 saturated carbocycles. The SMILES string of the molecule is CC1=C(C(=O)OC2CCCCC2)[C@H](c2ccc(Cl)cc2Cl)C2=C(C[C@H](c3ccccc3)CC2=O)N1. The number of carbonyl (C=O) groups is 2. The Hall–Kier alpha value is -2.56. The molecular formula is C29H29Cl2NO3. The number of esters is 1. The topological polar surface area (TPSA) is 55.4 Å². The number of Topliss-reactive ketones (excluding diaryl/α,β-unsaturated/α-hetero) is 1. The van der Waals surface area contributed by atoms with Gasteiger partial charge in [-0.05, 0) is 68.2 Å². The number of halogens is 2. The third-order valence-electron chi connectivity index (χ3n) is 7.42. The summed E-state index contributed by atoms with van der Waals surface area (Å²) in [4.78, 5) is 27.3. The molecule has 0 saturated heterocycles. The van der Waals surface area contributed by atoms with Crippen LogP contribution in [0, 0.1) is 0 Å². The number of hydrogen-bond acceptors (Lipinski definition) is 4. The summed E-state index contributed by atoms with van der Waals surface area (Å²) >= 11 is 12.8. The van der Waals surface area contributed by atoms with Crippen molar-refractivity contribution in [2.75, 3.05) is 0 Å². The lowest BCUT2D eigenvalue weighted by molar-refractivity contribution is -0.146. The van der Waals surface area contributed by atoms with Crippen LogP contribution in [-0.4, -0.2) is 17.9 Å². The summed E-state index contributed by atoms with van der Waals surface area (Å²) in [6, 6.07) is 15.4. The van der Waals surface area contributed by atoms with Crippen molar-refractivity contribution in [3.8, 4) is 0 Å². The van der Waals surface area contributed by atoms with Crippen LogP contribution in [-0.2, 0) is 14.3 Å². The van der Waals surface area contributed by atoms with Gasteiger partial charge in [0.25, 0.3) is 0 Å². The summed E-state index contributed by atoms with van der Waals surface area (Å²) in [7, 11) is 0. The molecule has 35 heavy (non-hydrogen) atoms. The molecule has 1 aliphatic heterocycles. The minimum atomic E-state index is -0.587. The first kappa shape index (κ1) is 24.1. The molecule has 2 atom stereocenters. The summed E-state index contributed by atoms with van der Waals surface area (Å²) in [5.41, 5.74) is 4.48. The average molecular weight is 510 g/mol. The molecule has 182 valence electrons. The molecular weight excluding hydrogens is 481 g/mol. The molecule has 0 spiro atoms. The summed E-state index contributed by atoms with van der Waals surface area (Å²) in [5.74, 6) is -0.849. The van der Waals surface area contributed by atoms with Gasteiger partial charge in [-0.1, -0.05) is 66.0 Å². The zero-order valence-corrected chi connectivity index (χ0v) is 21.3. The van der Waals surface area contributed by atoms with E-state index in [4.69, 9.17) is 27.9 Å². The highest BCUT2D eigenvalue weighted by atomic mass is 35.5. The number of nitrogens with one attached hydrogen (secondary N) is 1. The van der Waals surface area contributed by atoms with Crippen molar-refractivity contribution in [2.45, 2.75) is 69.8 Å². The molecule has 0 bridgehead atoms. The minimum absolute atomic E-state index is 0.0269. The second-order valence-electron chi connectivity index (χ2n) is 9.76. The van der Waals surface area contributed by atoms with Crippen molar-refractivity contribution in [3.63, 3.8) is 0 Å². The molecule has 2 aromatic carbocycles. The van der Waals surface area contributed by atoms with Gasteiger partial charge in [-0.3, -0.25) is 4.79 Å². The van der Waals surface area contributed by atoms with Gasteiger partial charge < -0.3 is 10.1 Å². The second-order valence-corrected chi connectivity index (χ2v) is 10.6. The molecule has 4 nitrogen and oxygen atoms in total. The Morgan fingerprint density at radius 2 is 1.74 bits per heavy atom. The highest BCUT2D eigenvalue weighted by Gasteiger charge is 2.42. The van der Waals surface area contributed by atoms with E-state index in [1.165, 1.54) is 6.42 Å². The highest BCUT2D eigenvalue weighted by molar-refractivity contribution is 6.35. The fourth-order valence-electron chi connectivity index (χ4n) is 5.71. The van der Waals surface area contributed by atoms with E-state index in [0.29, 0.717) is 45.3 Å². The summed E-state index contributed by atoms with van der Waals surface area (Å²) in [5, 5.41) is 4.36. The van der Waals surface area contributed by atoms with E-state index < -0.39 is 5.92 Å². The van der Waals surface area contributed by atoms with Gasteiger partial charge in [0, 0.05) is 39.4 Å². The number of dihydropyridines is 1. The number of ether oxygens (including phenoxy) is 1. The van der Waals surface area contributed by atoms with Crippen molar-refractivity contribution in [1.29, 1.82) is 0 Å². The van der Waals surface area contributed by atoms with Crippen LogP contribution < -0.4 is 5.32 Å². The lowest BCUT2D eigenvalue weighted by Gasteiger charge is -2.37. The summed E-state index contributed by atoms with van der Waals surface area (Å²) in [6.07, 6.45) is 6.05. The molecule has 1 N–H and O–H groups in total. The second kappa shape index (κ2) is 10.2. The number of ketones is 1. The van der Waals surface area contributed by atoms with E-state index in [-0.39, 0.29) is 23.8 Å². The molecule has 0 amide bonds. The van der Waals surface area contributed by atoms with Crippen molar-refractivity contribution >= 4 is 35.0 Å². The van der Waals surface area contributed by atoms with E-state index >= 15 is 0 Å². The number of carbonyl (C=O) groups excluding carboxylic acids is 2. The molecule has 0 unspecified atom stereocenters. The summed E-state index contributed by atoms with van der Waals surface area (Å²) < 4.78 is 5.98. The monoisotopic (exact) mass is 509 g/mol. The molecule has 1 heterocycles. The van der Waals surface area contributed by atoms with Gasteiger partial charge in [0.15, 0.2) is 5.78 Å². The van der Waals surface area contributed by atoms with Gasteiger partial charge in [0.1, 0.15) is 6.10 Å². The smallest absolute Gasteiger partial charge is 0.337 e. The van der Waals surface area contributed by atoms with Gasteiger partial charge in [-0.25, -0.2) is 4.79 Å². The molecule has 6 heteroatoms. The Bertz CT molecular complexity index is 1210. The quantitative estimate of drug-likeness (QED) is 0.441. The van der Waals surface area contributed by atoms with E-state index in [1.807, 2.05) is 31.2 Å². The lowest BCUT2D eigenvalue weighted by atomic mass is 9.71. The van der Waals surface area contributed by atoms with E-state index in [9.17, 15) is 9.59 Å². The maximum absolute atomic E-state index is 13.7. The molecule has 5 rings (SSSR count). The first-order chi connectivity index (χ1) is 16.9. The van der Waals surface area contributed by atoms with Crippen LogP contribution in [0.4, 0.5) is 0 Å². The van der Waals surface area contributed by atoms with Crippen molar-refractivity contribution in [3.05, 3.63) is 92.2 Å². The van der Waals surface area contributed by atoms with Gasteiger partial charge in [0.05, 0.1) is 5.57 Å². The fourth-order valence-corrected chi connectivity index (χ4v) is 6.23. The van der Waals surface area contributed by atoms with E-state index in [0.717, 1.165) is 36.9 Å². The van der Waals surface area contributed by atoms with Crippen LogP contribution in [0.2, 0.25) is 10.0 Å². The predicted molar refractivity (Wildman–Crippen MR) is 138 cm³/mol. The zero-order chi connectivity index (χ0) is 24.5. The average Bonchev–Trinajstić information content (AvgIpc) is 2.84. The van der Waals surface area contributed by atoms with Crippen LogP contribution >= 0.6 is 23.2 Å². The molecule has 0 aromatic heterocycles. The first-order valence-electron chi connectivity index (χ1n) is 12.4. The van der Waals surface area contributed by atoms with Crippen molar-refractivity contribution in [2.24, 2.45) is 0 Å². The maximum atomic E-state index is 13.7. The minimum Gasteiger partial charge on any atom is -0.459 e. The predicted octanol–water partition coefficient (Wildman–Crippen LogP) is 7.23. The molecule has 0 radical (unpaired) electrons. The van der Waals surface area contributed by atoms with E-state index in [2.05, 4.69) is 17.4 Å². The Labute approximate surface area is 216 Å².